The van der Waals surface area contributed by atoms with Gasteiger partial charge in [0.25, 0.3) is 0 Å². The summed E-state index contributed by atoms with van der Waals surface area (Å²) in [6.07, 6.45) is 0. The fourth-order valence-electron chi connectivity index (χ4n) is 1.64. The van der Waals surface area contributed by atoms with Gasteiger partial charge in [-0.15, -0.1) is 11.3 Å². The first-order valence-corrected chi connectivity index (χ1v) is 6.77. The molecule has 1 unspecified atom stereocenters. The normalized spacial score (nSPS) is 13.3. The maximum atomic E-state index is 5.87. The Balaban J connectivity index is 1.90. The van der Waals surface area contributed by atoms with Crippen molar-refractivity contribution in [1.29, 1.82) is 0 Å². The molecule has 4 heteroatoms. The van der Waals surface area contributed by atoms with Gasteiger partial charge < -0.3 is 11.1 Å². The number of aliphatic imine (C=N–C) groups is 1. The number of nitrogens with zero attached hydrogens (tertiary/aromatic N) is 1. The van der Waals surface area contributed by atoms with Crippen molar-refractivity contribution in [1.82, 2.24) is 5.32 Å². The molecular weight excluding hydrogens is 242 g/mol. The lowest BCUT2D eigenvalue weighted by molar-refractivity contribution is 0.721. The van der Waals surface area contributed by atoms with Crippen LogP contribution in [0.15, 0.2) is 52.8 Å². The van der Waals surface area contributed by atoms with E-state index in [1.54, 1.807) is 11.3 Å². The third kappa shape index (κ3) is 3.60. The van der Waals surface area contributed by atoms with E-state index in [1.165, 1.54) is 4.88 Å². The molecule has 18 heavy (non-hydrogen) atoms. The number of hydrogen-bond acceptors (Lipinski definition) is 2. The van der Waals surface area contributed by atoms with Crippen LogP contribution in [0.1, 0.15) is 23.4 Å². The van der Waals surface area contributed by atoms with Crippen LogP contribution in [0.2, 0.25) is 0 Å². The zero-order valence-corrected chi connectivity index (χ0v) is 11.2. The zero-order valence-electron chi connectivity index (χ0n) is 10.3. The first-order valence-electron chi connectivity index (χ1n) is 5.89. The highest BCUT2D eigenvalue weighted by Gasteiger charge is 2.06. The van der Waals surface area contributed by atoms with Crippen LogP contribution in [0.4, 0.5) is 0 Å². The molecule has 1 atom stereocenters. The quantitative estimate of drug-likeness (QED) is 0.655. The van der Waals surface area contributed by atoms with Gasteiger partial charge in [-0.25, -0.2) is 4.99 Å². The number of thiophene rings is 1. The molecule has 0 amide bonds. The number of benzene rings is 1. The van der Waals surface area contributed by atoms with Crippen LogP contribution in [0.3, 0.4) is 0 Å². The standard InChI is InChI=1S/C14H17N3S/c1-11(13-8-5-9-18-13)17-14(15)16-10-12-6-3-2-4-7-12/h2-9,11H,10H2,1H3,(H3,15,16,17). The van der Waals surface area contributed by atoms with Crippen molar-refractivity contribution < 1.29 is 0 Å². The molecule has 1 aromatic heterocycles. The zero-order chi connectivity index (χ0) is 12.8. The van der Waals surface area contributed by atoms with E-state index in [4.69, 9.17) is 5.73 Å². The van der Waals surface area contributed by atoms with E-state index in [1.807, 2.05) is 36.4 Å². The van der Waals surface area contributed by atoms with Crippen molar-refractivity contribution in [2.75, 3.05) is 0 Å². The van der Waals surface area contributed by atoms with E-state index in [0.717, 1.165) is 5.56 Å². The second-order valence-corrected chi connectivity index (χ2v) is 5.05. The Morgan fingerprint density at radius 1 is 1.28 bits per heavy atom. The highest BCUT2D eigenvalue weighted by molar-refractivity contribution is 7.10. The summed E-state index contributed by atoms with van der Waals surface area (Å²) < 4.78 is 0. The van der Waals surface area contributed by atoms with Crippen molar-refractivity contribution in [2.45, 2.75) is 19.5 Å². The average molecular weight is 259 g/mol. The van der Waals surface area contributed by atoms with Crippen molar-refractivity contribution >= 4 is 17.3 Å². The Hall–Kier alpha value is -1.81. The van der Waals surface area contributed by atoms with Gasteiger partial charge in [-0.3, -0.25) is 0 Å². The maximum Gasteiger partial charge on any atom is 0.189 e. The highest BCUT2D eigenvalue weighted by Crippen LogP contribution is 2.17. The molecule has 1 heterocycles. The number of hydrogen-bond donors (Lipinski definition) is 2. The summed E-state index contributed by atoms with van der Waals surface area (Å²) in [5.41, 5.74) is 7.03. The Bertz CT molecular complexity index is 491. The number of guanidine groups is 1. The predicted molar refractivity (Wildman–Crippen MR) is 77.6 cm³/mol. The van der Waals surface area contributed by atoms with Gasteiger partial charge in [0.2, 0.25) is 0 Å². The summed E-state index contributed by atoms with van der Waals surface area (Å²) in [4.78, 5) is 5.59. The SMILES string of the molecule is CC(NC(N)=NCc1ccccc1)c1cccs1. The summed E-state index contributed by atoms with van der Waals surface area (Å²) in [6, 6.07) is 14.4. The molecule has 0 aliphatic rings. The second-order valence-electron chi connectivity index (χ2n) is 4.07. The largest absolute Gasteiger partial charge is 0.370 e. The second kappa shape index (κ2) is 6.21. The minimum Gasteiger partial charge on any atom is -0.370 e. The van der Waals surface area contributed by atoms with E-state index in [0.29, 0.717) is 12.5 Å². The topological polar surface area (TPSA) is 50.4 Å². The average Bonchev–Trinajstić information content (AvgIpc) is 2.91. The third-order valence-electron chi connectivity index (χ3n) is 2.61. The van der Waals surface area contributed by atoms with E-state index in [9.17, 15) is 0 Å². The van der Waals surface area contributed by atoms with Crippen molar-refractivity contribution in [3.63, 3.8) is 0 Å². The third-order valence-corrected chi connectivity index (χ3v) is 3.66. The summed E-state index contributed by atoms with van der Waals surface area (Å²) in [7, 11) is 0. The molecule has 3 nitrogen and oxygen atoms in total. The summed E-state index contributed by atoms with van der Waals surface area (Å²) in [5, 5.41) is 5.25. The van der Waals surface area contributed by atoms with Crippen LogP contribution in [0.25, 0.3) is 0 Å². The molecule has 0 radical (unpaired) electrons. The molecule has 1 aromatic carbocycles. The molecule has 0 fully saturated rings. The molecule has 2 aromatic rings. The molecule has 2 rings (SSSR count). The predicted octanol–water partition coefficient (Wildman–Crippen LogP) is 2.91. The van der Waals surface area contributed by atoms with Gasteiger partial charge in [-0.05, 0) is 23.9 Å². The molecule has 0 saturated heterocycles. The van der Waals surface area contributed by atoms with E-state index in [2.05, 4.69) is 28.7 Å². The van der Waals surface area contributed by atoms with Gasteiger partial charge in [-0.1, -0.05) is 36.4 Å². The summed E-state index contributed by atoms with van der Waals surface area (Å²) in [5.74, 6) is 0.486. The lowest BCUT2D eigenvalue weighted by Gasteiger charge is -2.12. The molecule has 0 aliphatic heterocycles. The highest BCUT2D eigenvalue weighted by atomic mass is 32.1. The maximum absolute atomic E-state index is 5.87. The lowest BCUT2D eigenvalue weighted by atomic mass is 10.2. The molecule has 0 aliphatic carbocycles. The van der Waals surface area contributed by atoms with Crippen molar-refractivity contribution in [3.8, 4) is 0 Å². The lowest BCUT2D eigenvalue weighted by Crippen LogP contribution is -2.33. The molecule has 0 spiro atoms. The van der Waals surface area contributed by atoms with E-state index < -0.39 is 0 Å². The molecular formula is C14H17N3S. The van der Waals surface area contributed by atoms with Crippen LogP contribution >= 0.6 is 11.3 Å². The Kier molecular flexibility index (Phi) is 4.36. The molecule has 3 N–H and O–H groups in total. The first kappa shape index (κ1) is 12.6. The Morgan fingerprint density at radius 3 is 2.72 bits per heavy atom. The van der Waals surface area contributed by atoms with Crippen LogP contribution in [0.5, 0.6) is 0 Å². The van der Waals surface area contributed by atoms with Gasteiger partial charge in [0.15, 0.2) is 5.96 Å². The van der Waals surface area contributed by atoms with Gasteiger partial charge >= 0.3 is 0 Å². The Morgan fingerprint density at radius 2 is 2.06 bits per heavy atom. The van der Waals surface area contributed by atoms with E-state index in [-0.39, 0.29) is 6.04 Å². The van der Waals surface area contributed by atoms with E-state index >= 15 is 0 Å². The van der Waals surface area contributed by atoms with Gasteiger partial charge in [0.05, 0.1) is 12.6 Å². The monoisotopic (exact) mass is 259 g/mol. The van der Waals surface area contributed by atoms with Gasteiger partial charge in [-0.2, -0.15) is 0 Å². The number of rotatable bonds is 4. The van der Waals surface area contributed by atoms with Crippen LogP contribution in [-0.2, 0) is 6.54 Å². The van der Waals surface area contributed by atoms with Crippen LogP contribution in [0, 0.1) is 0 Å². The fraction of sp³-hybridized carbons (Fsp3) is 0.214. The molecule has 0 saturated carbocycles. The van der Waals surface area contributed by atoms with Gasteiger partial charge in [0.1, 0.15) is 0 Å². The number of nitrogens with one attached hydrogen (secondary N) is 1. The van der Waals surface area contributed by atoms with Gasteiger partial charge in [0, 0.05) is 4.88 Å². The summed E-state index contributed by atoms with van der Waals surface area (Å²) in [6.45, 7) is 2.69. The molecule has 94 valence electrons. The van der Waals surface area contributed by atoms with Crippen molar-refractivity contribution in [3.05, 3.63) is 58.3 Å². The van der Waals surface area contributed by atoms with Crippen LogP contribution < -0.4 is 11.1 Å². The minimum atomic E-state index is 0.199. The first-order chi connectivity index (χ1) is 8.75. The Labute approximate surface area is 111 Å². The summed E-state index contributed by atoms with van der Waals surface area (Å²) >= 11 is 1.71. The number of nitrogens with two attached hydrogens (primary N) is 1. The fourth-order valence-corrected chi connectivity index (χ4v) is 2.37. The van der Waals surface area contributed by atoms with Crippen LogP contribution in [-0.4, -0.2) is 5.96 Å². The molecule has 0 bridgehead atoms. The smallest absolute Gasteiger partial charge is 0.189 e. The van der Waals surface area contributed by atoms with Crippen molar-refractivity contribution in [2.24, 2.45) is 10.7 Å². The minimum absolute atomic E-state index is 0.199.